The number of nitrogens with one attached hydrogen (secondary N) is 2. The van der Waals surface area contributed by atoms with Crippen molar-refractivity contribution in [2.45, 2.75) is 32.2 Å². The van der Waals surface area contributed by atoms with Crippen molar-refractivity contribution >= 4 is 28.8 Å². The molecule has 2 aromatic carbocycles. The van der Waals surface area contributed by atoms with Crippen LogP contribution < -0.4 is 10.1 Å². The van der Waals surface area contributed by atoms with Crippen LogP contribution in [0.25, 0.3) is 11.0 Å². The topological polar surface area (TPSA) is 87.3 Å². The molecule has 30 heavy (non-hydrogen) atoms. The number of aromatic amines is 1. The van der Waals surface area contributed by atoms with E-state index in [0.717, 1.165) is 35.2 Å². The quantitative estimate of drug-likeness (QED) is 0.623. The van der Waals surface area contributed by atoms with Crippen LogP contribution in [0.5, 0.6) is 5.75 Å². The Morgan fingerprint density at radius 3 is 2.70 bits per heavy atom. The molecule has 1 saturated heterocycles. The first-order valence-corrected chi connectivity index (χ1v) is 10.3. The summed E-state index contributed by atoms with van der Waals surface area (Å²) < 4.78 is 5.25. The predicted molar refractivity (Wildman–Crippen MR) is 115 cm³/mol. The number of amides is 2. The van der Waals surface area contributed by atoms with Crippen molar-refractivity contribution in [1.82, 2.24) is 14.9 Å². The summed E-state index contributed by atoms with van der Waals surface area (Å²) in [7, 11) is 1.62. The number of imidazole rings is 1. The number of aromatic nitrogens is 2. The fourth-order valence-electron chi connectivity index (χ4n) is 4.05. The number of unbranched alkanes of at least 4 members (excludes halogenated alkanes) is 1. The molecule has 0 unspecified atom stereocenters. The Bertz CT molecular complexity index is 1010. The molecule has 4 rings (SSSR count). The van der Waals surface area contributed by atoms with Crippen molar-refractivity contribution < 1.29 is 14.3 Å². The summed E-state index contributed by atoms with van der Waals surface area (Å²) in [5.74, 6) is 0.452. The average Bonchev–Trinajstić information content (AvgIpc) is 3.32. The Kier molecular flexibility index (Phi) is 5.70. The number of hydrogen-bond donors (Lipinski definition) is 2. The van der Waals surface area contributed by atoms with E-state index in [9.17, 15) is 9.59 Å². The third kappa shape index (κ3) is 3.87. The smallest absolute Gasteiger partial charge is 0.232 e. The summed E-state index contributed by atoms with van der Waals surface area (Å²) in [6.07, 6.45) is 2.07. The van der Waals surface area contributed by atoms with E-state index in [4.69, 9.17) is 4.74 Å². The van der Waals surface area contributed by atoms with Crippen LogP contribution in [0.2, 0.25) is 0 Å². The molecule has 2 heterocycles. The van der Waals surface area contributed by atoms with Gasteiger partial charge in [-0.2, -0.15) is 0 Å². The summed E-state index contributed by atoms with van der Waals surface area (Å²) in [6.45, 7) is 2.73. The second-order valence-electron chi connectivity index (χ2n) is 7.56. The monoisotopic (exact) mass is 406 g/mol. The number of benzene rings is 2. The van der Waals surface area contributed by atoms with E-state index >= 15 is 0 Å². The highest BCUT2D eigenvalue weighted by Gasteiger charge is 2.44. The van der Waals surface area contributed by atoms with Crippen LogP contribution in [0.1, 0.15) is 37.8 Å². The number of anilines is 1. The van der Waals surface area contributed by atoms with Gasteiger partial charge in [-0.3, -0.25) is 14.9 Å². The summed E-state index contributed by atoms with van der Waals surface area (Å²) >= 11 is 0. The minimum Gasteiger partial charge on any atom is -0.497 e. The van der Waals surface area contributed by atoms with Gasteiger partial charge in [0.1, 0.15) is 5.75 Å². The Balaban J connectivity index is 1.61. The third-order valence-corrected chi connectivity index (χ3v) is 5.61. The maximum atomic E-state index is 13.2. The Labute approximate surface area is 175 Å². The molecule has 1 aliphatic rings. The van der Waals surface area contributed by atoms with Gasteiger partial charge in [0.2, 0.25) is 17.8 Å². The highest BCUT2D eigenvalue weighted by Crippen LogP contribution is 2.39. The number of carbonyl (C=O) groups excluding carboxylic acids is 2. The van der Waals surface area contributed by atoms with Gasteiger partial charge in [-0.25, -0.2) is 4.98 Å². The molecule has 0 aliphatic carbocycles. The first kappa shape index (κ1) is 19.9. The van der Waals surface area contributed by atoms with Crippen LogP contribution in [0.4, 0.5) is 5.95 Å². The third-order valence-electron chi connectivity index (χ3n) is 5.61. The van der Waals surface area contributed by atoms with Gasteiger partial charge in [0.05, 0.1) is 30.1 Å². The minimum atomic E-state index is -0.490. The molecule has 2 amide bonds. The number of hydrogen-bond acceptors (Lipinski definition) is 4. The largest absolute Gasteiger partial charge is 0.497 e. The molecule has 2 N–H and O–H groups in total. The van der Waals surface area contributed by atoms with Gasteiger partial charge in [0.25, 0.3) is 0 Å². The van der Waals surface area contributed by atoms with Gasteiger partial charge in [-0.15, -0.1) is 0 Å². The van der Waals surface area contributed by atoms with Crippen LogP contribution in [-0.2, 0) is 9.59 Å². The lowest BCUT2D eigenvalue weighted by atomic mass is 9.92. The molecule has 0 bridgehead atoms. The highest BCUT2D eigenvalue weighted by molar-refractivity contribution is 5.97. The molecule has 7 nitrogen and oxygen atoms in total. The molecular formula is C23H26N4O3. The van der Waals surface area contributed by atoms with E-state index in [-0.39, 0.29) is 24.3 Å². The van der Waals surface area contributed by atoms with Crippen LogP contribution in [0.15, 0.2) is 48.5 Å². The molecule has 1 aliphatic heterocycles. The van der Waals surface area contributed by atoms with Gasteiger partial charge in [0.15, 0.2) is 0 Å². The number of H-pyrrole nitrogens is 1. The molecule has 1 aromatic heterocycles. The Hall–Kier alpha value is -3.35. The van der Waals surface area contributed by atoms with Gasteiger partial charge in [-0.1, -0.05) is 37.6 Å². The van der Waals surface area contributed by atoms with Crippen LogP contribution in [0, 0.1) is 5.92 Å². The zero-order valence-electron chi connectivity index (χ0n) is 17.2. The zero-order chi connectivity index (χ0) is 21.1. The number of nitrogens with zero attached hydrogens (tertiary/aromatic N) is 2. The Morgan fingerprint density at radius 1 is 1.23 bits per heavy atom. The van der Waals surface area contributed by atoms with Crippen LogP contribution >= 0.6 is 0 Å². The summed E-state index contributed by atoms with van der Waals surface area (Å²) in [6, 6.07) is 14.9. The van der Waals surface area contributed by atoms with Crippen molar-refractivity contribution in [2.75, 3.05) is 19.0 Å². The number of methoxy groups -OCH3 is 1. The second kappa shape index (κ2) is 8.57. The first-order valence-electron chi connectivity index (χ1n) is 10.3. The number of carbonyl (C=O) groups is 2. The van der Waals surface area contributed by atoms with E-state index in [0.29, 0.717) is 12.5 Å². The van der Waals surface area contributed by atoms with E-state index in [1.807, 2.05) is 53.4 Å². The molecule has 0 saturated carbocycles. The number of likely N-dealkylation sites (tertiary alicyclic amines) is 1. The second-order valence-corrected chi connectivity index (χ2v) is 7.56. The van der Waals surface area contributed by atoms with Crippen LogP contribution in [-0.4, -0.2) is 40.3 Å². The number of fused-ring (bicyclic) bond motifs is 1. The lowest BCUT2D eigenvalue weighted by Crippen LogP contribution is -2.33. The predicted octanol–water partition coefficient (Wildman–Crippen LogP) is 3.90. The van der Waals surface area contributed by atoms with Crippen molar-refractivity contribution in [1.29, 1.82) is 0 Å². The van der Waals surface area contributed by atoms with Crippen molar-refractivity contribution in [3.05, 3.63) is 54.1 Å². The summed E-state index contributed by atoms with van der Waals surface area (Å²) in [5, 5.41) is 2.88. The number of ether oxygens (including phenoxy) is 1. The molecular weight excluding hydrogens is 380 g/mol. The standard InChI is InChI=1S/C23H26N4O3/c1-3-4-13-27-20(28)14-17(21(27)15-9-11-16(30-2)12-10-15)22(29)26-23-24-18-7-5-6-8-19(18)25-23/h5-12,17,21H,3-4,13-14H2,1-2H3,(H2,24,25,26,29)/t17-,21+/m1/s1. The van der Waals surface area contributed by atoms with E-state index < -0.39 is 5.92 Å². The van der Waals surface area contributed by atoms with E-state index in [2.05, 4.69) is 22.2 Å². The maximum absolute atomic E-state index is 13.2. The molecule has 7 heteroatoms. The van der Waals surface area contributed by atoms with Gasteiger partial charge >= 0.3 is 0 Å². The summed E-state index contributed by atoms with van der Waals surface area (Å²) in [5.41, 5.74) is 2.57. The van der Waals surface area contributed by atoms with Gasteiger partial charge < -0.3 is 14.6 Å². The zero-order valence-corrected chi connectivity index (χ0v) is 17.2. The first-order chi connectivity index (χ1) is 14.6. The molecule has 2 atom stereocenters. The van der Waals surface area contributed by atoms with E-state index in [1.165, 1.54) is 0 Å². The molecule has 1 fully saturated rings. The lowest BCUT2D eigenvalue weighted by Gasteiger charge is -2.28. The van der Waals surface area contributed by atoms with Gasteiger partial charge in [-0.05, 0) is 36.2 Å². The fraction of sp³-hybridized carbons (Fsp3) is 0.348. The van der Waals surface area contributed by atoms with Crippen molar-refractivity contribution in [3.8, 4) is 5.75 Å². The van der Waals surface area contributed by atoms with Crippen molar-refractivity contribution in [2.24, 2.45) is 5.92 Å². The number of rotatable bonds is 7. The molecule has 0 radical (unpaired) electrons. The van der Waals surface area contributed by atoms with Crippen molar-refractivity contribution in [3.63, 3.8) is 0 Å². The van der Waals surface area contributed by atoms with Crippen LogP contribution in [0.3, 0.4) is 0 Å². The molecule has 3 aromatic rings. The number of para-hydroxylation sites is 2. The fourth-order valence-corrected chi connectivity index (χ4v) is 4.05. The Morgan fingerprint density at radius 2 is 2.00 bits per heavy atom. The van der Waals surface area contributed by atoms with E-state index in [1.54, 1.807) is 7.11 Å². The summed E-state index contributed by atoms with van der Waals surface area (Å²) in [4.78, 5) is 35.4. The molecule has 0 spiro atoms. The lowest BCUT2D eigenvalue weighted by molar-refractivity contribution is -0.129. The average molecular weight is 406 g/mol. The highest BCUT2D eigenvalue weighted by atomic mass is 16.5. The SMILES string of the molecule is CCCCN1C(=O)C[C@@H](C(=O)Nc2nc3ccccc3[nH]2)[C@@H]1c1ccc(OC)cc1. The maximum Gasteiger partial charge on any atom is 0.232 e. The van der Waals surface area contributed by atoms with Gasteiger partial charge in [0, 0.05) is 13.0 Å². The molecule has 156 valence electrons. The normalized spacial score (nSPS) is 18.7. The minimum absolute atomic E-state index is 0.00836.